The van der Waals surface area contributed by atoms with Gasteiger partial charge in [0.15, 0.2) is 21.3 Å². The van der Waals surface area contributed by atoms with Crippen LogP contribution in [0.25, 0.3) is 0 Å². The van der Waals surface area contributed by atoms with Crippen LogP contribution in [0.3, 0.4) is 0 Å². The fourth-order valence-electron chi connectivity index (χ4n) is 4.37. The zero-order chi connectivity index (χ0) is 24.7. The van der Waals surface area contributed by atoms with Crippen LogP contribution < -0.4 is 19.7 Å². The van der Waals surface area contributed by atoms with Gasteiger partial charge in [-0.25, -0.2) is 8.42 Å². The Labute approximate surface area is 203 Å². The Bertz CT molecular complexity index is 1450. The van der Waals surface area contributed by atoms with Crippen molar-refractivity contribution in [1.82, 2.24) is 0 Å². The number of rotatable bonds is 4. The predicted octanol–water partition coefficient (Wildman–Crippen LogP) is 3.92. The van der Waals surface area contributed by atoms with Crippen LogP contribution in [0.15, 0.2) is 65.6 Å². The number of carbonyl (C=O) groups excluding carboxylic acids is 2. The molecule has 2 aliphatic heterocycles. The molecule has 35 heavy (non-hydrogen) atoms. The van der Waals surface area contributed by atoms with E-state index >= 15 is 0 Å². The molecule has 9 heteroatoms. The number of sulfone groups is 1. The Morgan fingerprint density at radius 3 is 2.63 bits per heavy atom. The maximum absolute atomic E-state index is 13.7. The molecular weight excluding hydrogens is 468 g/mol. The third-order valence-electron chi connectivity index (χ3n) is 6.24. The number of ether oxygens (including phenoxy) is 2. The van der Waals surface area contributed by atoms with E-state index in [1.807, 2.05) is 32.0 Å². The first-order chi connectivity index (χ1) is 16.7. The highest BCUT2D eigenvalue weighted by Crippen LogP contribution is 2.43. The summed E-state index contributed by atoms with van der Waals surface area (Å²) >= 11 is 0. The molecule has 1 atom stereocenters. The second-order valence-electron chi connectivity index (χ2n) is 8.66. The van der Waals surface area contributed by atoms with Gasteiger partial charge in [0.25, 0.3) is 0 Å². The minimum Gasteiger partial charge on any atom is -0.454 e. The van der Waals surface area contributed by atoms with Crippen molar-refractivity contribution in [2.75, 3.05) is 23.6 Å². The van der Waals surface area contributed by atoms with Crippen LogP contribution in [0.5, 0.6) is 11.5 Å². The number of aryl methyl sites for hydroxylation is 2. The lowest BCUT2D eigenvalue weighted by Crippen LogP contribution is -2.38. The molecule has 0 fully saturated rings. The highest BCUT2D eigenvalue weighted by Gasteiger charge is 2.40. The van der Waals surface area contributed by atoms with Crippen molar-refractivity contribution < 1.29 is 27.5 Å². The molecule has 0 radical (unpaired) electrons. The van der Waals surface area contributed by atoms with Crippen LogP contribution in [0.1, 0.15) is 28.4 Å². The summed E-state index contributed by atoms with van der Waals surface area (Å²) in [6.07, 6.45) is -0.312. The van der Waals surface area contributed by atoms with Crippen LogP contribution in [0.2, 0.25) is 0 Å². The van der Waals surface area contributed by atoms with Crippen molar-refractivity contribution in [2.45, 2.75) is 30.4 Å². The van der Waals surface area contributed by atoms with Crippen LogP contribution in [-0.4, -0.2) is 33.6 Å². The summed E-state index contributed by atoms with van der Waals surface area (Å²) in [5, 5.41) is 1.72. The first-order valence-corrected chi connectivity index (χ1v) is 12.7. The van der Waals surface area contributed by atoms with Gasteiger partial charge in [0.2, 0.25) is 18.6 Å². The monoisotopic (exact) mass is 492 g/mol. The molecule has 5 rings (SSSR count). The Kier molecular flexibility index (Phi) is 5.72. The third-order valence-corrected chi connectivity index (χ3v) is 8.38. The van der Waals surface area contributed by atoms with E-state index in [2.05, 4.69) is 5.32 Å². The van der Waals surface area contributed by atoms with Gasteiger partial charge in [-0.05, 0) is 60.9 Å². The van der Waals surface area contributed by atoms with Crippen LogP contribution in [0.4, 0.5) is 11.4 Å². The summed E-state index contributed by atoms with van der Waals surface area (Å²) in [5.74, 6) is 0.0850. The molecule has 2 amide bonds. The van der Waals surface area contributed by atoms with E-state index in [0.717, 1.165) is 11.1 Å². The maximum Gasteiger partial charge on any atom is 0.244 e. The van der Waals surface area contributed by atoms with Crippen molar-refractivity contribution in [3.8, 4) is 11.5 Å². The lowest BCUT2D eigenvalue weighted by molar-refractivity contribution is -0.121. The van der Waals surface area contributed by atoms with E-state index in [1.54, 1.807) is 36.4 Å². The summed E-state index contributed by atoms with van der Waals surface area (Å²) in [6.45, 7) is 3.54. The number of benzene rings is 3. The molecule has 2 heterocycles. The number of para-hydroxylation sites is 1. The first-order valence-electron chi connectivity index (χ1n) is 11.1. The molecule has 0 saturated carbocycles. The molecule has 2 aliphatic rings. The number of amides is 2. The van der Waals surface area contributed by atoms with E-state index < -0.39 is 26.9 Å². The average Bonchev–Trinajstić information content (AvgIpc) is 3.28. The number of nitrogens with zero attached hydrogens (tertiary/aromatic N) is 1. The van der Waals surface area contributed by atoms with Gasteiger partial charge in [-0.1, -0.05) is 30.3 Å². The maximum atomic E-state index is 13.7. The van der Waals surface area contributed by atoms with Gasteiger partial charge in [0.1, 0.15) is 6.54 Å². The molecular formula is C26H24N2O6S. The van der Waals surface area contributed by atoms with E-state index in [1.165, 1.54) is 11.0 Å². The highest BCUT2D eigenvalue weighted by atomic mass is 32.2. The number of fused-ring (bicyclic) bond motifs is 2. The Morgan fingerprint density at radius 1 is 1.03 bits per heavy atom. The van der Waals surface area contributed by atoms with Gasteiger partial charge < -0.3 is 19.7 Å². The summed E-state index contributed by atoms with van der Waals surface area (Å²) in [4.78, 5) is 27.6. The molecule has 1 unspecified atom stereocenters. The third kappa shape index (κ3) is 4.23. The van der Waals surface area contributed by atoms with Crippen LogP contribution >= 0.6 is 0 Å². The molecule has 8 nitrogen and oxygen atoms in total. The number of hydrogen-bond donors (Lipinski definition) is 1. The predicted molar refractivity (Wildman–Crippen MR) is 130 cm³/mol. The smallest absolute Gasteiger partial charge is 0.244 e. The molecule has 180 valence electrons. The van der Waals surface area contributed by atoms with Crippen molar-refractivity contribution in [3.63, 3.8) is 0 Å². The molecule has 0 saturated heterocycles. The van der Waals surface area contributed by atoms with Gasteiger partial charge >= 0.3 is 0 Å². The van der Waals surface area contributed by atoms with Crippen LogP contribution in [-0.2, 0) is 19.4 Å². The van der Waals surface area contributed by atoms with Crippen LogP contribution in [0, 0.1) is 13.8 Å². The summed E-state index contributed by atoms with van der Waals surface area (Å²) in [6, 6.07) is 16.9. The molecule has 3 aromatic carbocycles. The molecule has 0 spiro atoms. The summed E-state index contributed by atoms with van der Waals surface area (Å²) < 4.78 is 38.2. The second kappa shape index (κ2) is 8.74. The number of anilines is 2. The largest absolute Gasteiger partial charge is 0.454 e. The van der Waals surface area contributed by atoms with Gasteiger partial charge in [-0.3, -0.25) is 9.59 Å². The summed E-state index contributed by atoms with van der Waals surface area (Å²) in [5.41, 5.74) is 3.14. The fraction of sp³-hybridized carbons (Fsp3) is 0.231. The van der Waals surface area contributed by atoms with E-state index in [-0.39, 0.29) is 30.3 Å². The van der Waals surface area contributed by atoms with Crippen molar-refractivity contribution in [3.05, 3.63) is 77.4 Å². The molecule has 0 bridgehead atoms. The lowest BCUT2D eigenvalue weighted by atomic mass is 10.1. The normalized spacial score (nSPS) is 18.1. The van der Waals surface area contributed by atoms with E-state index in [0.29, 0.717) is 22.7 Å². The van der Waals surface area contributed by atoms with Gasteiger partial charge in [0.05, 0.1) is 15.8 Å². The van der Waals surface area contributed by atoms with Crippen molar-refractivity contribution >= 4 is 33.0 Å². The highest BCUT2D eigenvalue weighted by molar-refractivity contribution is 7.92. The standard InChI is InChI=1S/C26H24N2O6S/c1-16-7-8-17(2)19(11-16)27-25(29)14-28-20-5-3-4-6-23(20)35(31,32)24(13-26(28)30)18-9-10-21-22(12-18)34-15-33-21/h3-12,24H,13-15H2,1-2H3,(H,27,29). The molecule has 1 N–H and O–H groups in total. The molecule has 0 aromatic heterocycles. The first kappa shape index (κ1) is 22.9. The second-order valence-corrected chi connectivity index (χ2v) is 10.8. The Balaban J connectivity index is 1.50. The number of nitrogens with one attached hydrogen (secondary N) is 1. The van der Waals surface area contributed by atoms with E-state index in [4.69, 9.17) is 9.47 Å². The summed E-state index contributed by atoms with van der Waals surface area (Å²) in [7, 11) is -3.95. The average molecular weight is 493 g/mol. The minimum absolute atomic E-state index is 0.00746. The van der Waals surface area contributed by atoms with Gasteiger partial charge in [-0.15, -0.1) is 0 Å². The zero-order valence-corrected chi connectivity index (χ0v) is 20.1. The quantitative estimate of drug-likeness (QED) is 0.592. The number of carbonyl (C=O) groups is 2. The van der Waals surface area contributed by atoms with E-state index in [9.17, 15) is 18.0 Å². The number of hydrogen-bond acceptors (Lipinski definition) is 6. The minimum atomic E-state index is -3.95. The van der Waals surface area contributed by atoms with Crippen molar-refractivity contribution in [1.29, 1.82) is 0 Å². The van der Waals surface area contributed by atoms with Gasteiger partial charge in [-0.2, -0.15) is 0 Å². The Morgan fingerprint density at radius 2 is 1.80 bits per heavy atom. The molecule has 3 aromatic rings. The topological polar surface area (TPSA) is 102 Å². The van der Waals surface area contributed by atoms with Gasteiger partial charge in [0, 0.05) is 12.1 Å². The molecule has 0 aliphatic carbocycles. The zero-order valence-electron chi connectivity index (χ0n) is 19.3. The SMILES string of the molecule is Cc1ccc(C)c(NC(=O)CN2C(=O)CC(c3ccc4c(c3)OCO4)S(=O)(=O)c3ccccc32)c1. The fourth-order valence-corrected chi connectivity index (χ4v) is 6.29. The van der Waals surface area contributed by atoms with Crippen molar-refractivity contribution in [2.24, 2.45) is 0 Å². The lowest BCUT2D eigenvalue weighted by Gasteiger charge is -2.22. The Hall–Kier alpha value is -3.85.